The van der Waals surface area contributed by atoms with E-state index in [-0.39, 0.29) is 22.0 Å². The van der Waals surface area contributed by atoms with Crippen molar-refractivity contribution in [2.75, 3.05) is 5.32 Å². The van der Waals surface area contributed by atoms with E-state index in [1.54, 1.807) is 0 Å². The molecule has 0 aromatic carbocycles. The number of sulfonamides is 1. The Labute approximate surface area is 114 Å². The Morgan fingerprint density at radius 2 is 2.20 bits per heavy atom. The third kappa shape index (κ3) is 2.75. The van der Waals surface area contributed by atoms with Gasteiger partial charge in [0.2, 0.25) is 10.0 Å². The summed E-state index contributed by atoms with van der Waals surface area (Å²) in [6.07, 6.45) is 3.57. The van der Waals surface area contributed by atoms with Crippen molar-refractivity contribution in [3.05, 3.63) is 30.2 Å². The van der Waals surface area contributed by atoms with Crippen LogP contribution < -0.4 is 10.5 Å². The van der Waals surface area contributed by atoms with E-state index in [4.69, 9.17) is 5.14 Å². The number of aromatic hydroxyl groups is 1. The molecule has 0 aliphatic rings. The van der Waals surface area contributed by atoms with Gasteiger partial charge in [0.25, 0.3) is 5.91 Å². The number of carbonyl (C=O) groups excluding carboxylic acids is 1. The maximum atomic E-state index is 11.9. The molecule has 0 spiro atoms. The Balaban J connectivity index is 2.37. The largest absolute Gasteiger partial charge is 0.505 e. The highest BCUT2D eigenvalue weighted by molar-refractivity contribution is 7.89. The average molecular weight is 297 g/mol. The minimum atomic E-state index is -4.02. The predicted molar refractivity (Wildman–Crippen MR) is 68.4 cm³/mol. The molecular formula is C10H11N5O4S. The van der Waals surface area contributed by atoms with E-state index in [1.165, 1.54) is 24.0 Å². The Bertz CT molecular complexity index is 768. The Morgan fingerprint density at radius 1 is 1.50 bits per heavy atom. The molecule has 4 N–H and O–H groups in total. The van der Waals surface area contributed by atoms with Crippen molar-refractivity contribution in [2.45, 2.75) is 4.90 Å². The first-order valence-corrected chi connectivity index (χ1v) is 6.84. The summed E-state index contributed by atoms with van der Waals surface area (Å²) in [5.41, 5.74) is -0.0639. The molecule has 20 heavy (non-hydrogen) atoms. The van der Waals surface area contributed by atoms with Crippen LogP contribution in [0.15, 0.2) is 29.6 Å². The zero-order valence-corrected chi connectivity index (χ0v) is 11.1. The van der Waals surface area contributed by atoms with Crippen LogP contribution in [-0.4, -0.2) is 34.2 Å². The summed E-state index contributed by atoms with van der Waals surface area (Å²) in [4.78, 5) is 15.3. The Hall–Kier alpha value is -2.46. The maximum Gasteiger partial charge on any atom is 0.260 e. The number of anilines is 1. The maximum absolute atomic E-state index is 11.9. The third-order valence-corrected chi connectivity index (χ3v) is 3.29. The molecule has 10 heteroatoms. The molecule has 9 nitrogen and oxygen atoms in total. The van der Waals surface area contributed by atoms with Gasteiger partial charge >= 0.3 is 0 Å². The number of carbonyl (C=O) groups is 1. The lowest BCUT2D eigenvalue weighted by Gasteiger charge is -2.05. The molecule has 2 heterocycles. The van der Waals surface area contributed by atoms with Gasteiger partial charge in [-0.3, -0.25) is 14.5 Å². The van der Waals surface area contributed by atoms with Gasteiger partial charge in [-0.15, -0.1) is 0 Å². The number of primary sulfonamides is 1. The van der Waals surface area contributed by atoms with E-state index >= 15 is 0 Å². The summed E-state index contributed by atoms with van der Waals surface area (Å²) in [5, 5.41) is 20.6. The van der Waals surface area contributed by atoms with Crippen LogP contribution >= 0.6 is 0 Å². The lowest BCUT2D eigenvalue weighted by atomic mass is 10.2. The molecule has 0 radical (unpaired) electrons. The van der Waals surface area contributed by atoms with Crippen molar-refractivity contribution < 1.29 is 18.3 Å². The van der Waals surface area contributed by atoms with E-state index < -0.39 is 15.9 Å². The molecule has 0 aliphatic heterocycles. The highest BCUT2D eigenvalue weighted by Gasteiger charge is 2.21. The van der Waals surface area contributed by atoms with E-state index in [2.05, 4.69) is 15.4 Å². The van der Waals surface area contributed by atoms with Gasteiger partial charge < -0.3 is 10.4 Å². The fourth-order valence-corrected chi connectivity index (χ4v) is 2.18. The summed E-state index contributed by atoms with van der Waals surface area (Å²) < 4.78 is 23.9. The highest BCUT2D eigenvalue weighted by atomic mass is 32.2. The summed E-state index contributed by atoms with van der Waals surface area (Å²) in [7, 11) is -2.54. The number of nitrogens with one attached hydrogen (secondary N) is 1. The van der Waals surface area contributed by atoms with Gasteiger partial charge in [0, 0.05) is 19.4 Å². The minimum absolute atomic E-state index is 0.0639. The molecule has 0 unspecified atom stereocenters. The smallest absolute Gasteiger partial charge is 0.260 e. The van der Waals surface area contributed by atoms with Crippen LogP contribution in [0.3, 0.4) is 0 Å². The number of pyridine rings is 1. The predicted octanol–water partition coefficient (Wildman–Crippen LogP) is -0.580. The molecule has 0 atom stereocenters. The van der Waals surface area contributed by atoms with Crippen LogP contribution in [0.2, 0.25) is 0 Å². The summed E-state index contributed by atoms with van der Waals surface area (Å²) in [6, 6.07) is 1.28. The summed E-state index contributed by atoms with van der Waals surface area (Å²) in [6.45, 7) is 0. The first-order valence-electron chi connectivity index (χ1n) is 5.30. The summed E-state index contributed by atoms with van der Waals surface area (Å²) in [5.74, 6) is -1.28. The highest BCUT2D eigenvalue weighted by Crippen LogP contribution is 2.20. The fourth-order valence-electron chi connectivity index (χ4n) is 1.51. The van der Waals surface area contributed by atoms with Crippen LogP contribution in [0.1, 0.15) is 10.4 Å². The number of hydrogen-bond donors (Lipinski definition) is 3. The summed E-state index contributed by atoms with van der Waals surface area (Å²) >= 11 is 0. The fraction of sp³-hybridized carbons (Fsp3) is 0.100. The molecule has 0 bridgehead atoms. The molecule has 0 saturated heterocycles. The minimum Gasteiger partial charge on any atom is -0.505 e. The van der Waals surface area contributed by atoms with Gasteiger partial charge in [-0.05, 0) is 6.07 Å². The van der Waals surface area contributed by atoms with Crippen LogP contribution in [0.5, 0.6) is 5.75 Å². The first-order chi connectivity index (χ1) is 9.29. The second-order valence-electron chi connectivity index (χ2n) is 3.91. The number of hydrogen-bond acceptors (Lipinski definition) is 6. The standard InChI is InChI=1S/C10H11N5O4S/c1-15-5-8(20(11,18)19)9(14-15)13-10(17)6-2-3-12-4-7(6)16/h2-5,16H,1H3,(H2,11,18,19)(H,13,14,17). The molecule has 1 amide bonds. The van der Waals surface area contributed by atoms with Crippen molar-refractivity contribution in [1.82, 2.24) is 14.8 Å². The molecule has 2 rings (SSSR count). The number of nitrogens with two attached hydrogens (primary N) is 1. The molecule has 0 aliphatic carbocycles. The quantitative estimate of drug-likeness (QED) is 0.692. The van der Waals surface area contributed by atoms with Crippen LogP contribution in [0.4, 0.5) is 5.82 Å². The number of aromatic nitrogens is 3. The van der Waals surface area contributed by atoms with Crippen LogP contribution in [0.25, 0.3) is 0 Å². The number of amides is 1. The first kappa shape index (κ1) is 14.0. The molecular weight excluding hydrogens is 286 g/mol. The molecule has 0 saturated carbocycles. The molecule has 0 fully saturated rings. The monoisotopic (exact) mass is 297 g/mol. The van der Waals surface area contributed by atoms with Gasteiger partial charge in [0.1, 0.15) is 10.6 Å². The van der Waals surface area contributed by atoms with E-state index in [1.807, 2.05) is 0 Å². The lowest BCUT2D eigenvalue weighted by molar-refractivity contribution is 0.102. The van der Waals surface area contributed by atoms with Crippen molar-refractivity contribution in [2.24, 2.45) is 12.2 Å². The van der Waals surface area contributed by atoms with Crippen molar-refractivity contribution in [3.8, 4) is 5.75 Å². The third-order valence-electron chi connectivity index (χ3n) is 2.38. The number of aryl methyl sites for hydroxylation is 1. The number of rotatable bonds is 3. The zero-order chi connectivity index (χ0) is 14.9. The second kappa shape index (κ2) is 4.90. The lowest BCUT2D eigenvalue weighted by Crippen LogP contribution is -2.18. The van der Waals surface area contributed by atoms with Gasteiger partial charge in [-0.1, -0.05) is 0 Å². The second-order valence-corrected chi connectivity index (χ2v) is 5.44. The normalized spacial score (nSPS) is 11.3. The van der Waals surface area contributed by atoms with Crippen LogP contribution in [-0.2, 0) is 17.1 Å². The zero-order valence-electron chi connectivity index (χ0n) is 10.3. The molecule has 2 aromatic heterocycles. The Morgan fingerprint density at radius 3 is 2.80 bits per heavy atom. The number of nitrogens with zero attached hydrogens (tertiary/aromatic N) is 3. The van der Waals surface area contributed by atoms with Gasteiger partial charge in [0.05, 0.1) is 11.8 Å². The van der Waals surface area contributed by atoms with E-state index in [9.17, 15) is 18.3 Å². The van der Waals surface area contributed by atoms with Crippen LogP contribution in [0, 0.1) is 0 Å². The molecule has 2 aromatic rings. The van der Waals surface area contributed by atoms with E-state index in [0.717, 1.165) is 12.4 Å². The topological polar surface area (TPSA) is 140 Å². The SMILES string of the molecule is Cn1cc(S(N)(=O)=O)c(NC(=O)c2ccncc2O)n1. The van der Waals surface area contributed by atoms with Gasteiger partial charge in [-0.2, -0.15) is 5.10 Å². The van der Waals surface area contributed by atoms with E-state index in [0.29, 0.717) is 0 Å². The van der Waals surface area contributed by atoms with Crippen molar-refractivity contribution >= 4 is 21.7 Å². The van der Waals surface area contributed by atoms with Crippen molar-refractivity contribution in [1.29, 1.82) is 0 Å². The average Bonchev–Trinajstić information content (AvgIpc) is 2.70. The van der Waals surface area contributed by atoms with Crippen molar-refractivity contribution in [3.63, 3.8) is 0 Å². The van der Waals surface area contributed by atoms with Gasteiger partial charge in [0.15, 0.2) is 5.82 Å². The van der Waals surface area contributed by atoms with Gasteiger partial charge in [-0.25, -0.2) is 13.6 Å². The Kier molecular flexibility index (Phi) is 3.42. The molecule has 106 valence electrons.